The smallest absolute Gasteiger partial charge is 0.269 e. The fourth-order valence-electron chi connectivity index (χ4n) is 1.94. The Morgan fingerprint density at radius 1 is 1.05 bits per heavy atom. The predicted octanol–water partition coefficient (Wildman–Crippen LogP) is 3.72. The molecular weight excluding hydrogens is 242 g/mol. The second-order valence-corrected chi connectivity index (χ2v) is 3.94. The normalized spacial score (nSPS) is 9.89. The van der Waals surface area contributed by atoms with Crippen molar-refractivity contribution in [1.82, 2.24) is 0 Å². The molecule has 0 unspecified atom stereocenters. The van der Waals surface area contributed by atoms with Gasteiger partial charge in [0.1, 0.15) is 0 Å². The minimum atomic E-state index is -0.455. The van der Waals surface area contributed by atoms with E-state index in [0.717, 1.165) is 23.0 Å². The number of non-ortho nitro benzene ring substituents is 1. The number of nitrogens with zero attached hydrogens (tertiary/aromatic N) is 1. The van der Waals surface area contributed by atoms with Crippen molar-refractivity contribution >= 4 is 18.0 Å². The molecule has 0 atom stereocenters. The molecule has 0 radical (unpaired) electrons. The standard InChI is InChI=1S/C15H11NO3/c1-2-11-4-3-5-13(10-17)15(11)12-6-8-14(9-7-12)16(18)19/h2-10H,1H2. The Kier molecular flexibility index (Phi) is 3.52. The lowest BCUT2D eigenvalue weighted by Crippen LogP contribution is -1.92. The average Bonchev–Trinajstić information content (AvgIpc) is 2.46. The number of nitro groups is 1. The van der Waals surface area contributed by atoms with E-state index in [1.807, 2.05) is 6.07 Å². The highest BCUT2D eigenvalue weighted by Gasteiger charge is 2.10. The quantitative estimate of drug-likeness (QED) is 0.474. The highest BCUT2D eigenvalue weighted by molar-refractivity contribution is 5.91. The van der Waals surface area contributed by atoms with Crippen LogP contribution in [0.4, 0.5) is 5.69 Å². The van der Waals surface area contributed by atoms with E-state index in [4.69, 9.17) is 0 Å². The monoisotopic (exact) mass is 253 g/mol. The lowest BCUT2D eigenvalue weighted by atomic mass is 9.95. The Morgan fingerprint density at radius 3 is 2.21 bits per heavy atom. The van der Waals surface area contributed by atoms with Crippen molar-refractivity contribution in [1.29, 1.82) is 0 Å². The molecule has 0 heterocycles. The van der Waals surface area contributed by atoms with Gasteiger partial charge in [-0.3, -0.25) is 14.9 Å². The van der Waals surface area contributed by atoms with Crippen molar-refractivity contribution < 1.29 is 9.72 Å². The first-order valence-electron chi connectivity index (χ1n) is 5.63. The van der Waals surface area contributed by atoms with Crippen molar-refractivity contribution in [3.63, 3.8) is 0 Å². The Balaban J connectivity index is 2.60. The van der Waals surface area contributed by atoms with Crippen LogP contribution in [-0.4, -0.2) is 11.2 Å². The summed E-state index contributed by atoms with van der Waals surface area (Å²) in [6.07, 6.45) is 2.42. The van der Waals surface area contributed by atoms with Crippen LogP contribution in [0.2, 0.25) is 0 Å². The molecule has 2 aromatic carbocycles. The fourth-order valence-corrected chi connectivity index (χ4v) is 1.94. The van der Waals surface area contributed by atoms with Gasteiger partial charge in [-0.15, -0.1) is 0 Å². The minimum Gasteiger partial charge on any atom is -0.298 e. The zero-order valence-corrected chi connectivity index (χ0v) is 10.1. The number of benzene rings is 2. The number of hydrogen-bond acceptors (Lipinski definition) is 3. The SMILES string of the molecule is C=Cc1cccc(C=O)c1-c1ccc([N+](=O)[O-])cc1. The van der Waals surface area contributed by atoms with Crippen LogP contribution in [-0.2, 0) is 0 Å². The van der Waals surface area contributed by atoms with Crippen molar-refractivity contribution in [2.24, 2.45) is 0 Å². The molecule has 2 rings (SSSR count). The van der Waals surface area contributed by atoms with Crippen LogP contribution in [0.5, 0.6) is 0 Å². The Hall–Kier alpha value is -2.75. The molecule has 94 valence electrons. The molecule has 0 aliphatic heterocycles. The summed E-state index contributed by atoms with van der Waals surface area (Å²) in [6.45, 7) is 3.71. The molecule has 0 fully saturated rings. The van der Waals surface area contributed by atoms with Crippen molar-refractivity contribution in [2.75, 3.05) is 0 Å². The van der Waals surface area contributed by atoms with E-state index in [1.165, 1.54) is 12.1 Å². The van der Waals surface area contributed by atoms with Gasteiger partial charge in [0.05, 0.1) is 4.92 Å². The maximum Gasteiger partial charge on any atom is 0.269 e. The lowest BCUT2D eigenvalue weighted by molar-refractivity contribution is -0.384. The van der Waals surface area contributed by atoms with E-state index in [1.54, 1.807) is 30.3 Å². The highest BCUT2D eigenvalue weighted by Crippen LogP contribution is 2.29. The van der Waals surface area contributed by atoms with Crippen molar-refractivity contribution in [2.45, 2.75) is 0 Å². The molecule has 0 amide bonds. The first-order valence-corrected chi connectivity index (χ1v) is 5.63. The van der Waals surface area contributed by atoms with E-state index in [2.05, 4.69) is 6.58 Å². The maximum atomic E-state index is 11.1. The molecule has 0 saturated heterocycles. The Labute approximate surface area is 110 Å². The summed E-state index contributed by atoms with van der Waals surface area (Å²) in [6, 6.07) is 11.4. The number of hydrogen-bond donors (Lipinski definition) is 0. The van der Waals surface area contributed by atoms with Crippen LogP contribution in [0.25, 0.3) is 17.2 Å². The van der Waals surface area contributed by atoms with Crippen molar-refractivity contribution in [3.8, 4) is 11.1 Å². The summed E-state index contributed by atoms with van der Waals surface area (Å²) in [7, 11) is 0. The molecule has 0 bridgehead atoms. The van der Waals surface area contributed by atoms with Gasteiger partial charge in [0.15, 0.2) is 6.29 Å². The largest absolute Gasteiger partial charge is 0.298 e. The highest BCUT2D eigenvalue weighted by atomic mass is 16.6. The van der Waals surface area contributed by atoms with Gasteiger partial charge >= 0.3 is 0 Å². The summed E-state index contributed by atoms with van der Waals surface area (Å²) in [5.41, 5.74) is 2.86. The molecule has 4 heteroatoms. The van der Waals surface area contributed by atoms with Crippen LogP contribution in [0.3, 0.4) is 0 Å². The number of aldehydes is 1. The van der Waals surface area contributed by atoms with Gasteiger partial charge in [0.25, 0.3) is 5.69 Å². The van der Waals surface area contributed by atoms with Gasteiger partial charge in [-0.1, -0.05) is 30.9 Å². The van der Waals surface area contributed by atoms with Gasteiger partial charge in [0.2, 0.25) is 0 Å². The zero-order chi connectivity index (χ0) is 13.8. The molecule has 0 saturated carbocycles. The summed E-state index contributed by atoms with van der Waals surface area (Å²) in [4.78, 5) is 21.3. The predicted molar refractivity (Wildman–Crippen MR) is 74.0 cm³/mol. The van der Waals surface area contributed by atoms with Crippen LogP contribution in [0.1, 0.15) is 15.9 Å². The summed E-state index contributed by atoms with van der Waals surface area (Å²) < 4.78 is 0. The van der Waals surface area contributed by atoms with Crippen LogP contribution in [0.15, 0.2) is 49.0 Å². The third-order valence-corrected chi connectivity index (χ3v) is 2.84. The molecule has 2 aromatic rings. The van der Waals surface area contributed by atoms with Gasteiger partial charge in [-0.05, 0) is 28.8 Å². The van der Waals surface area contributed by atoms with Gasteiger partial charge in [-0.25, -0.2) is 0 Å². The number of nitro benzene ring substituents is 1. The second kappa shape index (κ2) is 5.27. The fraction of sp³-hybridized carbons (Fsp3) is 0. The number of rotatable bonds is 4. The minimum absolute atomic E-state index is 0.0208. The molecule has 0 aromatic heterocycles. The van der Waals surface area contributed by atoms with Crippen LogP contribution >= 0.6 is 0 Å². The Morgan fingerprint density at radius 2 is 1.68 bits per heavy atom. The van der Waals surface area contributed by atoms with E-state index in [9.17, 15) is 14.9 Å². The second-order valence-electron chi connectivity index (χ2n) is 3.94. The molecule has 0 N–H and O–H groups in total. The summed E-state index contributed by atoms with van der Waals surface area (Å²) in [5, 5.41) is 10.6. The first-order chi connectivity index (χ1) is 9.17. The molecule has 19 heavy (non-hydrogen) atoms. The molecule has 0 spiro atoms. The van der Waals surface area contributed by atoms with Gasteiger partial charge in [-0.2, -0.15) is 0 Å². The van der Waals surface area contributed by atoms with E-state index >= 15 is 0 Å². The van der Waals surface area contributed by atoms with Crippen LogP contribution < -0.4 is 0 Å². The van der Waals surface area contributed by atoms with Gasteiger partial charge in [0, 0.05) is 17.7 Å². The average molecular weight is 253 g/mol. The molecule has 4 nitrogen and oxygen atoms in total. The van der Waals surface area contributed by atoms with Crippen LogP contribution in [0, 0.1) is 10.1 Å². The van der Waals surface area contributed by atoms with Gasteiger partial charge < -0.3 is 0 Å². The first kappa shape index (κ1) is 12.7. The number of carbonyl (C=O) groups excluding carboxylic acids is 1. The summed E-state index contributed by atoms with van der Waals surface area (Å²) in [5.74, 6) is 0. The topological polar surface area (TPSA) is 60.2 Å². The maximum absolute atomic E-state index is 11.1. The van der Waals surface area contributed by atoms with E-state index < -0.39 is 4.92 Å². The Bertz CT molecular complexity index is 619. The molecule has 0 aliphatic carbocycles. The lowest BCUT2D eigenvalue weighted by Gasteiger charge is -2.09. The third kappa shape index (κ3) is 2.42. The third-order valence-electron chi connectivity index (χ3n) is 2.84. The summed E-state index contributed by atoms with van der Waals surface area (Å²) >= 11 is 0. The zero-order valence-electron chi connectivity index (χ0n) is 10.1. The van der Waals surface area contributed by atoms with E-state index in [-0.39, 0.29) is 5.69 Å². The molecular formula is C15H11NO3. The molecule has 0 aliphatic rings. The van der Waals surface area contributed by atoms with E-state index in [0.29, 0.717) is 5.56 Å². The van der Waals surface area contributed by atoms with Crippen molar-refractivity contribution in [3.05, 3.63) is 70.3 Å². The number of carbonyl (C=O) groups is 1.